The topological polar surface area (TPSA) is 19.4 Å². The van der Waals surface area contributed by atoms with E-state index in [-0.39, 0.29) is 0 Å². The minimum Gasteiger partial charge on any atom is -0.304 e. The van der Waals surface area contributed by atoms with Gasteiger partial charge in [-0.25, -0.2) is 0 Å². The van der Waals surface area contributed by atoms with Crippen LogP contribution in [-0.4, -0.2) is 54.6 Å². The van der Waals surface area contributed by atoms with Crippen LogP contribution in [0.2, 0.25) is 0 Å². The molecule has 1 aliphatic rings. The number of benzene rings is 1. The van der Waals surface area contributed by atoms with Gasteiger partial charge in [0, 0.05) is 37.8 Å². The summed E-state index contributed by atoms with van der Waals surface area (Å²) in [6.45, 7) is 6.08. The third kappa shape index (κ3) is 3.35. The maximum absolute atomic E-state index is 4.37. The van der Waals surface area contributed by atoms with Crippen molar-refractivity contribution in [1.82, 2.24) is 14.8 Å². The Bertz CT molecular complexity index is 559. The molecule has 20 heavy (non-hydrogen) atoms. The van der Waals surface area contributed by atoms with E-state index in [4.69, 9.17) is 0 Å². The van der Waals surface area contributed by atoms with Crippen molar-refractivity contribution in [2.45, 2.75) is 12.8 Å². The summed E-state index contributed by atoms with van der Waals surface area (Å²) in [6, 6.07) is 10.8. The Morgan fingerprint density at radius 2 is 1.95 bits per heavy atom. The summed E-state index contributed by atoms with van der Waals surface area (Å²) in [7, 11) is 2.21. The number of likely N-dealkylation sites (N-methyl/N-ethyl adjacent to an activating group) is 1. The van der Waals surface area contributed by atoms with E-state index in [0.29, 0.717) is 0 Å². The molecule has 1 aliphatic heterocycles. The Morgan fingerprint density at radius 3 is 2.80 bits per heavy atom. The van der Waals surface area contributed by atoms with Gasteiger partial charge in [-0.3, -0.25) is 4.98 Å². The van der Waals surface area contributed by atoms with E-state index in [0.717, 1.165) is 11.9 Å². The second kappa shape index (κ2) is 6.33. The quantitative estimate of drug-likeness (QED) is 0.850. The van der Waals surface area contributed by atoms with Crippen LogP contribution in [-0.2, 0) is 6.42 Å². The molecule has 0 amide bonds. The van der Waals surface area contributed by atoms with Crippen LogP contribution in [0, 0.1) is 0 Å². The predicted molar refractivity (Wildman–Crippen MR) is 84.0 cm³/mol. The van der Waals surface area contributed by atoms with Crippen LogP contribution in [0.3, 0.4) is 0 Å². The summed E-state index contributed by atoms with van der Waals surface area (Å²) in [4.78, 5) is 9.37. The molecular formula is C17H23N3. The Hall–Kier alpha value is -1.45. The van der Waals surface area contributed by atoms with Gasteiger partial charge in [0.25, 0.3) is 0 Å². The molecule has 0 saturated carbocycles. The molecule has 0 unspecified atom stereocenters. The standard InChI is InChI=1S/C17H23N3/c1-19-10-12-20(13-11-19)9-3-4-15-6-7-17-16(14-15)5-2-8-18-17/h2,5-8,14H,3-4,9-13H2,1H3. The van der Waals surface area contributed by atoms with E-state index in [9.17, 15) is 0 Å². The number of hydrogen-bond acceptors (Lipinski definition) is 3. The summed E-state index contributed by atoms with van der Waals surface area (Å²) < 4.78 is 0. The van der Waals surface area contributed by atoms with E-state index >= 15 is 0 Å². The normalized spacial score (nSPS) is 17.6. The molecule has 2 aromatic rings. The van der Waals surface area contributed by atoms with Gasteiger partial charge in [-0.15, -0.1) is 0 Å². The molecule has 2 heterocycles. The Balaban J connectivity index is 1.52. The minimum atomic E-state index is 1.09. The maximum atomic E-state index is 4.37. The molecule has 1 saturated heterocycles. The summed E-state index contributed by atoms with van der Waals surface area (Å²) in [6.07, 6.45) is 4.27. The number of aryl methyl sites for hydroxylation is 1. The van der Waals surface area contributed by atoms with Gasteiger partial charge in [0.2, 0.25) is 0 Å². The number of rotatable bonds is 4. The monoisotopic (exact) mass is 269 g/mol. The molecule has 1 fully saturated rings. The smallest absolute Gasteiger partial charge is 0.0702 e. The van der Waals surface area contributed by atoms with E-state index in [1.54, 1.807) is 0 Å². The third-order valence-electron chi connectivity index (χ3n) is 4.20. The average molecular weight is 269 g/mol. The lowest BCUT2D eigenvalue weighted by Crippen LogP contribution is -2.44. The molecule has 0 radical (unpaired) electrons. The molecule has 0 atom stereocenters. The zero-order valence-corrected chi connectivity index (χ0v) is 12.3. The lowest BCUT2D eigenvalue weighted by atomic mass is 10.1. The van der Waals surface area contributed by atoms with Gasteiger partial charge in [0.15, 0.2) is 0 Å². The molecule has 106 valence electrons. The minimum absolute atomic E-state index is 1.09. The Kier molecular flexibility index (Phi) is 4.28. The molecule has 0 bridgehead atoms. The van der Waals surface area contributed by atoms with Gasteiger partial charge >= 0.3 is 0 Å². The molecule has 3 nitrogen and oxygen atoms in total. The number of nitrogens with zero attached hydrogens (tertiary/aromatic N) is 3. The predicted octanol–water partition coefficient (Wildman–Crippen LogP) is 2.41. The van der Waals surface area contributed by atoms with Crippen molar-refractivity contribution in [3.05, 3.63) is 42.1 Å². The summed E-state index contributed by atoms with van der Waals surface area (Å²) in [5.41, 5.74) is 2.52. The molecule has 0 N–H and O–H groups in total. The van der Waals surface area contributed by atoms with Gasteiger partial charge < -0.3 is 9.80 Å². The summed E-state index contributed by atoms with van der Waals surface area (Å²) in [5.74, 6) is 0. The lowest BCUT2D eigenvalue weighted by Gasteiger charge is -2.32. The molecule has 1 aromatic heterocycles. The number of pyridine rings is 1. The van der Waals surface area contributed by atoms with Crippen molar-refractivity contribution in [3.8, 4) is 0 Å². The zero-order valence-electron chi connectivity index (χ0n) is 12.3. The van der Waals surface area contributed by atoms with Crippen LogP contribution < -0.4 is 0 Å². The van der Waals surface area contributed by atoms with Gasteiger partial charge in [-0.1, -0.05) is 12.1 Å². The van der Waals surface area contributed by atoms with E-state index in [1.165, 1.54) is 50.1 Å². The second-order valence-electron chi connectivity index (χ2n) is 5.78. The van der Waals surface area contributed by atoms with Crippen molar-refractivity contribution < 1.29 is 0 Å². The summed E-state index contributed by atoms with van der Waals surface area (Å²) in [5, 5.41) is 1.25. The number of aromatic nitrogens is 1. The van der Waals surface area contributed by atoms with Gasteiger partial charge in [0.05, 0.1) is 5.52 Å². The fourth-order valence-electron chi connectivity index (χ4n) is 2.86. The molecule has 3 heteroatoms. The fraction of sp³-hybridized carbons (Fsp3) is 0.471. The van der Waals surface area contributed by atoms with Crippen LogP contribution in [0.5, 0.6) is 0 Å². The Labute approximate surface area is 121 Å². The van der Waals surface area contributed by atoms with Crippen LogP contribution in [0.15, 0.2) is 36.5 Å². The fourth-order valence-corrected chi connectivity index (χ4v) is 2.86. The van der Waals surface area contributed by atoms with Crippen molar-refractivity contribution in [2.24, 2.45) is 0 Å². The number of piperazine rings is 1. The first-order valence-corrected chi connectivity index (χ1v) is 7.56. The van der Waals surface area contributed by atoms with Crippen LogP contribution >= 0.6 is 0 Å². The zero-order chi connectivity index (χ0) is 13.8. The molecule has 0 spiro atoms. The maximum Gasteiger partial charge on any atom is 0.0702 e. The van der Waals surface area contributed by atoms with Crippen LogP contribution in [0.25, 0.3) is 10.9 Å². The van der Waals surface area contributed by atoms with Gasteiger partial charge in [-0.05, 0) is 50.2 Å². The van der Waals surface area contributed by atoms with E-state index < -0.39 is 0 Å². The van der Waals surface area contributed by atoms with Crippen LogP contribution in [0.4, 0.5) is 0 Å². The highest BCUT2D eigenvalue weighted by atomic mass is 15.2. The van der Waals surface area contributed by atoms with Gasteiger partial charge in [-0.2, -0.15) is 0 Å². The average Bonchev–Trinajstić information content (AvgIpc) is 2.49. The van der Waals surface area contributed by atoms with Gasteiger partial charge in [0.1, 0.15) is 0 Å². The Morgan fingerprint density at radius 1 is 1.10 bits per heavy atom. The first-order valence-electron chi connectivity index (χ1n) is 7.56. The first-order chi connectivity index (χ1) is 9.81. The highest BCUT2D eigenvalue weighted by Crippen LogP contribution is 2.14. The highest BCUT2D eigenvalue weighted by Gasteiger charge is 2.12. The van der Waals surface area contributed by atoms with Crippen molar-refractivity contribution >= 4 is 10.9 Å². The van der Waals surface area contributed by atoms with Crippen molar-refractivity contribution in [1.29, 1.82) is 0 Å². The highest BCUT2D eigenvalue weighted by molar-refractivity contribution is 5.78. The molecular weight excluding hydrogens is 246 g/mol. The molecule has 3 rings (SSSR count). The van der Waals surface area contributed by atoms with E-state index in [1.807, 2.05) is 12.3 Å². The van der Waals surface area contributed by atoms with E-state index in [2.05, 4.69) is 46.1 Å². The second-order valence-corrected chi connectivity index (χ2v) is 5.78. The number of fused-ring (bicyclic) bond motifs is 1. The summed E-state index contributed by atoms with van der Waals surface area (Å²) >= 11 is 0. The molecule has 0 aliphatic carbocycles. The first kappa shape index (κ1) is 13.5. The largest absolute Gasteiger partial charge is 0.304 e. The third-order valence-corrected chi connectivity index (χ3v) is 4.20. The molecule has 1 aromatic carbocycles. The lowest BCUT2D eigenvalue weighted by molar-refractivity contribution is 0.153. The van der Waals surface area contributed by atoms with Crippen molar-refractivity contribution in [3.63, 3.8) is 0 Å². The number of hydrogen-bond donors (Lipinski definition) is 0. The SMILES string of the molecule is CN1CCN(CCCc2ccc3ncccc3c2)CC1. The van der Waals surface area contributed by atoms with Crippen LogP contribution in [0.1, 0.15) is 12.0 Å². The van der Waals surface area contributed by atoms with Crippen molar-refractivity contribution in [2.75, 3.05) is 39.8 Å².